The zero-order chi connectivity index (χ0) is 11.2. The van der Waals surface area contributed by atoms with Crippen molar-refractivity contribution in [3.8, 4) is 0 Å². The van der Waals surface area contributed by atoms with E-state index in [1.165, 1.54) is 43.6 Å². The van der Waals surface area contributed by atoms with E-state index in [1.807, 2.05) is 0 Å². The van der Waals surface area contributed by atoms with Crippen LogP contribution < -0.4 is 10.2 Å². The van der Waals surface area contributed by atoms with Gasteiger partial charge < -0.3 is 10.2 Å². The Morgan fingerprint density at radius 3 is 2.69 bits per heavy atom. The fourth-order valence-corrected chi connectivity index (χ4v) is 2.33. The number of rotatable bonds is 5. The Kier molecular flexibility index (Phi) is 4.23. The summed E-state index contributed by atoms with van der Waals surface area (Å²) in [6.45, 7) is 6.77. The van der Waals surface area contributed by atoms with Crippen LogP contribution in [-0.4, -0.2) is 19.6 Å². The molecule has 0 unspecified atom stereocenters. The topological polar surface area (TPSA) is 15.3 Å². The molecule has 0 aromatic heterocycles. The summed E-state index contributed by atoms with van der Waals surface area (Å²) in [5.74, 6) is 0. The molecule has 1 aromatic rings. The maximum absolute atomic E-state index is 3.49. The SMILES string of the molecule is CCCNCc1ccccc1N1CCCC1. The van der Waals surface area contributed by atoms with Gasteiger partial charge in [-0.1, -0.05) is 25.1 Å². The molecule has 1 saturated heterocycles. The summed E-state index contributed by atoms with van der Waals surface area (Å²) in [7, 11) is 0. The molecule has 0 aliphatic carbocycles. The number of benzene rings is 1. The van der Waals surface area contributed by atoms with Crippen molar-refractivity contribution >= 4 is 5.69 Å². The molecular formula is C14H22N2. The molecule has 0 saturated carbocycles. The van der Waals surface area contributed by atoms with Crippen LogP contribution in [0.2, 0.25) is 0 Å². The quantitative estimate of drug-likeness (QED) is 0.765. The van der Waals surface area contributed by atoms with Crippen LogP contribution in [0.15, 0.2) is 24.3 Å². The number of nitrogens with zero attached hydrogens (tertiary/aromatic N) is 1. The van der Waals surface area contributed by atoms with Crippen LogP contribution in [0.4, 0.5) is 5.69 Å². The van der Waals surface area contributed by atoms with Gasteiger partial charge in [-0.25, -0.2) is 0 Å². The molecule has 0 spiro atoms. The van der Waals surface area contributed by atoms with Crippen molar-refractivity contribution in [1.82, 2.24) is 5.32 Å². The third kappa shape index (κ3) is 2.76. The second-order valence-corrected chi connectivity index (χ2v) is 4.50. The maximum atomic E-state index is 3.49. The fourth-order valence-electron chi connectivity index (χ4n) is 2.33. The normalized spacial score (nSPS) is 15.7. The highest BCUT2D eigenvalue weighted by Gasteiger charge is 2.14. The van der Waals surface area contributed by atoms with E-state index in [1.54, 1.807) is 0 Å². The van der Waals surface area contributed by atoms with E-state index in [9.17, 15) is 0 Å². The summed E-state index contributed by atoms with van der Waals surface area (Å²) >= 11 is 0. The Morgan fingerprint density at radius 1 is 1.19 bits per heavy atom. The molecule has 0 amide bonds. The van der Waals surface area contributed by atoms with Gasteiger partial charge in [0, 0.05) is 25.3 Å². The van der Waals surface area contributed by atoms with Gasteiger partial charge in [0.25, 0.3) is 0 Å². The first-order valence-electron chi connectivity index (χ1n) is 6.45. The highest BCUT2D eigenvalue weighted by molar-refractivity contribution is 5.54. The number of para-hydroxylation sites is 1. The van der Waals surface area contributed by atoms with Crippen LogP contribution in [0, 0.1) is 0 Å². The van der Waals surface area contributed by atoms with Crippen molar-refractivity contribution in [3.63, 3.8) is 0 Å². The predicted octanol–water partition coefficient (Wildman–Crippen LogP) is 2.79. The lowest BCUT2D eigenvalue weighted by Crippen LogP contribution is -2.21. The van der Waals surface area contributed by atoms with Crippen molar-refractivity contribution < 1.29 is 0 Å². The summed E-state index contributed by atoms with van der Waals surface area (Å²) in [5, 5.41) is 3.49. The zero-order valence-electron chi connectivity index (χ0n) is 10.2. The number of anilines is 1. The van der Waals surface area contributed by atoms with E-state index in [4.69, 9.17) is 0 Å². The first-order chi connectivity index (χ1) is 7.92. The Hall–Kier alpha value is -1.02. The molecule has 0 bridgehead atoms. The molecule has 2 heteroatoms. The van der Waals surface area contributed by atoms with Crippen LogP contribution in [0.1, 0.15) is 31.7 Å². The van der Waals surface area contributed by atoms with E-state index >= 15 is 0 Å². The van der Waals surface area contributed by atoms with E-state index in [0.29, 0.717) is 0 Å². The smallest absolute Gasteiger partial charge is 0.0411 e. The van der Waals surface area contributed by atoms with Crippen molar-refractivity contribution in [1.29, 1.82) is 0 Å². The summed E-state index contributed by atoms with van der Waals surface area (Å²) in [5.41, 5.74) is 2.88. The minimum absolute atomic E-state index is 1.00. The van der Waals surface area contributed by atoms with E-state index < -0.39 is 0 Å². The predicted molar refractivity (Wildman–Crippen MR) is 69.9 cm³/mol. The number of hydrogen-bond donors (Lipinski definition) is 1. The van der Waals surface area contributed by atoms with Gasteiger partial charge in [-0.15, -0.1) is 0 Å². The number of hydrogen-bond acceptors (Lipinski definition) is 2. The second kappa shape index (κ2) is 5.90. The van der Waals surface area contributed by atoms with Crippen molar-refractivity contribution in [3.05, 3.63) is 29.8 Å². The zero-order valence-corrected chi connectivity index (χ0v) is 10.2. The molecule has 2 rings (SSSR count). The van der Waals surface area contributed by atoms with Gasteiger partial charge in [-0.3, -0.25) is 0 Å². The molecule has 16 heavy (non-hydrogen) atoms. The highest BCUT2D eigenvalue weighted by Crippen LogP contribution is 2.24. The lowest BCUT2D eigenvalue weighted by atomic mass is 10.1. The third-order valence-electron chi connectivity index (χ3n) is 3.18. The lowest BCUT2D eigenvalue weighted by Gasteiger charge is -2.21. The average Bonchev–Trinajstić information content (AvgIpc) is 2.83. The number of nitrogens with one attached hydrogen (secondary N) is 1. The molecule has 1 aliphatic rings. The van der Waals surface area contributed by atoms with Crippen LogP contribution in [0.3, 0.4) is 0 Å². The minimum atomic E-state index is 1.00. The molecule has 2 nitrogen and oxygen atoms in total. The standard InChI is InChI=1S/C14H22N2/c1-2-9-15-12-13-7-3-4-8-14(13)16-10-5-6-11-16/h3-4,7-8,15H,2,5-6,9-12H2,1H3. The Labute approximate surface area is 98.7 Å². The first kappa shape index (κ1) is 11.5. The molecule has 0 radical (unpaired) electrons. The van der Waals surface area contributed by atoms with Crippen LogP contribution in [0.5, 0.6) is 0 Å². The van der Waals surface area contributed by atoms with Crippen LogP contribution in [0.25, 0.3) is 0 Å². The van der Waals surface area contributed by atoms with E-state index in [0.717, 1.165) is 13.1 Å². The Bertz CT molecular complexity index is 316. The molecule has 1 heterocycles. The maximum Gasteiger partial charge on any atom is 0.0411 e. The third-order valence-corrected chi connectivity index (χ3v) is 3.18. The monoisotopic (exact) mass is 218 g/mol. The van der Waals surface area contributed by atoms with Crippen LogP contribution >= 0.6 is 0 Å². The van der Waals surface area contributed by atoms with Crippen molar-refractivity contribution in [2.45, 2.75) is 32.7 Å². The van der Waals surface area contributed by atoms with Gasteiger partial charge in [0.05, 0.1) is 0 Å². The molecule has 1 fully saturated rings. The Morgan fingerprint density at radius 2 is 1.94 bits per heavy atom. The lowest BCUT2D eigenvalue weighted by molar-refractivity contribution is 0.674. The molecule has 1 aromatic carbocycles. The molecular weight excluding hydrogens is 196 g/mol. The fraction of sp³-hybridized carbons (Fsp3) is 0.571. The van der Waals surface area contributed by atoms with Crippen LogP contribution in [-0.2, 0) is 6.54 Å². The summed E-state index contributed by atoms with van der Waals surface area (Å²) in [4.78, 5) is 2.52. The van der Waals surface area contributed by atoms with Crippen molar-refractivity contribution in [2.24, 2.45) is 0 Å². The Balaban J connectivity index is 2.04. The van der Waals surface area contributed by atoms with Gasteiger partial charge in [0.1, 0.15) is 0 Å². The summed E-state index contributed by atoms with van der Waals surface area (Å²) < 4.78 is 0. The average molecular weight is 218 g/mol. The van der Waals surface area contributed by atoms with Gasteiger partial charge in [-0.2, -0.15) is 0 Å². The summed E-state index contributed by atoms with van der Waals surface area (Å²) in [6, 6.07) is 8.80. The first-order valence-corrected chi connectivity index (χ1v) is 6.45. The highest BCUT2D eigenvalue weighted by atomic mass is 15.1. The second-order valence-electron chi connectivity index (χ2n) is 4.50. The van der Waals surface area contributed by atoms with Gasteiger partial charge in [0.15, 0.2) is 0 Å². The van der Waals surface area contributed by atoms with Crippen molar-refractivity contribution in [2.75, 3.05) is 24.5 Å². The van der Waals surface area contributed by atoms with Gasteiger partial charge >= 0.3 is 0 Å². The largest absolute Gasteiger partial charge is 0.371 e. The molecule has 1 N–H and O–H groups in total. The van der Waals surface area contributed by atoms with E-state index in [2.05, 4.69) is 41.4 Å². The molecule has 1 aliphatic heterocycles. The molecule has 88 valence electrons. The van der Waals surface area contributed by atoms with E-state index in [-0.39, 0.29) is 0 Å². The van der Waals surface area contributed by atoms with Gasteiger partial charge in [0.2, 0.25) is 0 Å². The molecule has 0 atom stereocenters. The minimum Gasteiger partial charge on any atom is -0.371 e. The summed E-state index contributed by atoms with van der Waals surface area (Å²) in [6.07, 6.45) is 3.89. The van der Waals surface area contributed by atoms with Gasteiger partial charge in [-0.05, 0) is 37.4 Å².